The van der Waals surface area contributed by atoms with Gasteiger partial charge in [0.05, 0.1) is 27.2 Å². The molecule has 7 rings (SSSR count). The molecule has 0 saturated carbocycles. The van der Waals surface area contributed by atoms with Crippen LogP contribution in [0.4, 0.5) is 5.13 Å². The van der Waals surface area contributed by atoms with E-state index in [0.29, 0.717) is 42.7 Å². The van der Waals surface area contributed by atoms with Crippen LogP contribution < -0.4 is 9.64 Å². The molecule has 0 aliphatic carbocycles. The van der Waals surface area contributed by atoms with Gasteiger partial charge >= 0.3 is 0 Å². The molecule has 3 heterocycles. The monoisotopic (exact) mass is 662 g/mol. The van der Waals surface area contributed by atoms with Gasteiger partial charge in [-0.2, -0.15) is 0 Å². The van der Waals surface area contributed by atoms with Gasteiger partial charge in [-0.3, -0.25) is 14.5 Å². The molecule has 6 aromatic rings. The summed E-state index contributed by atoms with van der Waals surface area (Å²) in [7, 11) is 0. The van der Waals surface area contributed by atoms with Crippen molar-refractivity contribution in [3.63, 3.8) is 0 Å². The number of ether oxygens (including phenoxy) is 1. The minimum absolute atomic E-state index is 0.0335. The molecule has 8 nitrogen and oxygen atoms in total. The third-order valence-electron chi connectivity index (χ3n) is 7.55. The molecule has 11 heteroatoms. The number of rotatable bonds is 9. The Labute approximate surface area is 277 Å². The standard InChI is InChI=1S/C35H26N4O4S3/c1-20-32(45-21(2)36-20)30(40)28-29(23-12-9-16-26(18-23)43-25-14-4-3-5-15-25)39(33(42)31(28)41)34-37-38-35(46-34)44-19-24-13-8-11-22-10-6-7-17-27(22)24/h3-18,29,41H,19H2,1-2H3. The van der Waals surface area contributed by atoms with E-state index in [9.17, 15) is 14.7 Å². The van der Waals surface area contributed by atoms with E-state index in [2.05, 4.69) is 39.4 Å². The van der Waals surface area contributed by atoms with Crippen molar-refractivity contribution in [2.75, 3.05) is 4.90 Å². The molecular weight excluding hydrogens is 637 g/mol. The maximum absolute atomic E-state index is 14.1. The van der Waals surface area contributed by atoms with Crippen LogP contribution in [0.1, 0.15) is 37.5 Å². The van der Waals surface area contributed by atoms with Crippen molar-refractivity contribution in [2.24, 2.45) is 0 Å². The lowest BCUT2D eigenvalue weighted by Crippen LogP contribution is -2.31. The van der Waals surface area contributed by atoms with Gasteiger partial charge in [0.2, 0.25) is 10.9 Å². The first-order valence-electron chi connectivity index (χ1n) is 14.4. The van der Waals surface area contributed by atoms with Crippen LogP contribution in [0.15, 0.2) is 113 Å². The van der Waals surface area contributed by atoms with E-state index in [0.717, 1.165) is 10.9 Å². The van der Waals surface area contributed by atoms with Gasteiger partial charge < -0.3 is 9.84 Å². The highest BCUT2D eigenvalue weighted by Crippen LogP contribution is 2.45. The van der Waals surface area contributed by atoms with Gasteiger partial charge in [0, 0.05) is 5.75 Å². The highest BCUT2D eigenvalue weighted by molar-refractivity contribution is 8.00. The molecule has 2 aromatic heterocycles. The van der Waals surface area contributed by atoms with E-state index in [1.54, 1.807) is 31.2 Å². The molecule has 1 amide bonds. The maximum atomic E-state index is 14.1. The number of aryl methyl sites for hydroxylation is 2. The van der Waals surface area contributed by atoms with Crippen molar-refractivity contribution in [1.82, 2.24) is 15.2 Å². The molecule has 0 radical (unpaired) electrons. The lowest BCUT2D eigenvalue weighted by Gasteiger charge is -2.24. The second-order valence-electron chi connectivity index (χ2n) is 10.6. The third-order valence-corrected chi connectivity index (χ3v) is 10.7. The number of aromatic nitrogens is 3. The van der Waals surface area contributed by atoms with E-state index in [4.69, 9.17) is 4.74 Å². The minimum Gasteiger partial charge on any atom is -0.503 e. The Hall–Kier alpha value is -4.84. The van der Waals surface area contributed by atoms with Gasteiger partial charge in [-0.25, -0.2) is 4.98 Å². The van der Waals surface area contributed by atoms with Crippen molar-refractivity contribution in [1.29, 1.82) is 0 Å². The van der Waals surface area contributed by atoms with E-state index in [1.165, 1.54) is 44.7 Å². The number of thiazole rings is 1. The number of para-hydroxylation sites is 1. The van der Waals surface area contributed by atoms with Crippen LogP contribution in [0.5, 0.6) is 11.5 Å². The van der Waals surface area contributed by atoms with Crippen LogP contribution in [0.2, 0.25) is 0 Å². The summed E-state index contributed by atoms with van der Waals surface area (Å²) in [6.07, 6.45) is 0. The molecule has 1 atom stereocenters. The number of thioether (sulfide) groups is 1. The molecule has 46 heavy (non-hydrogen) atoms. The first-order chi connectivity index (χ1) is 22.4. The summed E-state index contributed by atoms with van der Waals surface area (Å²) in [5.41, 5.74) is 2.25. The van der Waals surface area contributed by atoms with Crippen LogP contribution in [-0.4, -0.2) is 32.0 Å². The number of Topliss-reactive ketones (excluding diaryl/α,β-unsaturated/α-hetero) is 1. The lowest BCUT2D eigenvalue weighted by molar-refractivity contribution is -0.117. The molecule has 0 fully saturated rings. The van der Waals surface area contributed by atoms with Crippen molar-refractivity contribution < 1.29 is 19.4 Å². The molecular formula is C35H26N4O4S3. The Morgan fingerprint density at radius 1 is 0.913 bits per heavy atom. The first-order valence-corrected chi connectivity index (χ1v) is 17.0. The number of carbonyl (C=O) groups is 2. The van der Waals surface area contributed by atoms with Crippen LogP contribution in [0, 0.1) is 13.8 Å². The maximum Gasteiger partial charge on any atom is 0.296 e. The Morgan fingerprint density at radius 3 is 2.46 bits per heavy atom. The molecule has 0 saturated heterocycles. The molecule has 0 spiro atoms. The van der Waals surface area contributed by atoms with Crippen molar-refractivity contribution in [2.45, 2.75) is 30.0 Å². The molecule has 1 N–H and O–H groups in total. The van der Waals surface area contributed by atoms with Gasteiger partial charge in [0.1, 0.15) is 11.5 Å². The van der Waals surface area contributed by atoms with E-state index < -0.39 is 23.5 Å². The van der Waals surface area contributed by atoms with Crippen LogP contribution in [0.3, 0.4) is 0 Å². The number of carbonyl (C=O) groups excluding carboxylic acids is 2. The van der Waals surface area contributed by atoms with Crippen molar-refractivity contribution in [3.05, 3.63) is 135 Å². The fraction of sp³-hybridized carbons (Fsp3) is 0.114. The molecule has 4 aromatic carbocycles. The fourth-order valence-electron chi connectivity index (χ4n) is 5.50. The molecule has 228 valence electrons. The van der Waals surface area contributed by atoms with Crippen LogP contribution in [-0.2, 0) is 10.5 Å². The topological polar surface area (TPSA) is 106 Å². The second kappa shape index (κ2) is 12.5. The average molecular weight is 663 g/mol. The Bertz CT molecular complexity index is 2140. The number of anilines is 1. The molecule has 1 unspecified atom stereocenters. The SMILES string of the molecule is Cc1nc(C)c(C(=O)C2=C(O)C(=O)N(c3nnc(SCc4cccc5ccccc45)s3)C2c2cccc(Oc3ccccc3)c2)s1. The number of hydrogen-bond acceptors (Lipinski definition) is 10. The van der Waals surface area contributed by atoms with Crippen molar-refractivity contribution >= 4 is 62.0 Å². The predicted octanol–water partition coefficient (Wildman–Crippen LogP) is 8.63. The Balaban J connectivity index is 1.24. The van der Waals surface area contributed by atoms with Gasteiger partial charge in [0.15, 0.2) is 10.1 Å². The zero-order valence-corrected chi connectivity index (χ0v) is 27.2. The Kier molecular flexibility index (Phi) is 8.12. The van der Waals surface area contributed by atoms with Gasteiger partial charge in [-0.05, 0) is 60.0 Å². The Morgan fingerprint density at radius 2 is 1.65 bits per heavy atom. The van der Waals surface area contributed by atoms with Crippen LogP contribution >= 0.6 is 34.4 Å². The number of aliphatic hydroxyl groups is 1. The molecule has 1 aliphatic heterocycles. The average Bonchev–Trinajstić information content (AvgIpc) is 3.75. The number of nitrogens with zero attached hydrogens (tertiary/aromatic N) is 4. The lowest BCUT2D eigenvalue weighted by atomic mass is 9.95. The van der Waals surface area contributed by atoms with E-state index >= 15 is 0 Å². The summed E-state index contributed by atoms with van der Waals surface area (Å²) in [6.45, 7) is 3.56. The number of hydrogen-bond donors (Lipinski definition) is 1. The molecule has 1 aliphatic rings. The van der Waals surface area contributed by atoms with Crippen molar-refractivity contribution in [3.8, 4) is 11.5 Å². The first kappa shape index (κ1) is 29.8. The highest BCUT2D eigenvalue weighted by atomic mass is 32.2. The predicted molar refractivity (Wildman–Crippen MR) is 182 cm³/mol. The van der Waals surface area contributed by atoms with E-state index in [1.807, 2.05) is 55.5 Å². The number of benzene rings is 4. The number of fused-ring (bicyclic) bond motifs is 1. The highest BCUT2D eigenvalue weighted by Gasteiger charge is 2.47. The summed E-state index contributed by atoms with van der Waals surface area (Å²) in [5, 5.41) is 23.4. The van der Waals surface area contributed by atoms with Crippen LogP contribution in [0.25, 0.3) is 10.8 Å². The van der Waals surface area contributed by atoms with Gasteiger partial charge in [0.25, 0.3) is 5.91 Å². The van der Waals surface area contributed by atoms with Gasteiger partial charge in [-0.15, -0.1) is 21.5 Å². The largest absolute Gasteiger partial charge is 0.503 e. The number of aliphatic hydroxyl groups excluding tert-OH is 1. The second-order valence-corrected chi connectivity index (χ2v) is 14.0. The van der Waals surface area contributed by atoms with E-state index in [-0.39, 0.29) is 10.7 Å². The van der Waals surface area contributed by atoms with Gasteiger partial charge in [-0.1, -0.05) is 95.9 Å². The zero-order valence-electron chi connectivity index (χ0n) is 24.7. The summed E-state index contributed by atoms with van der Waals surface area (Å²) >= 11 is 3.99. The smallest absolute Gasteiger partial charge is 0.296 e. The fourth-order valence-corrected chi connectivity index (χ4v) is 8.25. The minimum atomic E-state index is -0.968. The summed E-state index contributed by atoms with van der Waals surface area (Å²) in [4.78, 5) is 34.0. The molecule has 0 bridgehead atoms. The number of ketones is 1. The zero-order chi connectivity index (χ0) is 31.8. The quantitative estimate of drug-likeness (QED) is 0.0932. The summed E-state index contributed by atoms with van der Waals surface area (Å²) < 4.78 is 6.74. The summed E-state index contributed by atoms with van der Waals surface area (Å²) in [5.74, 6) is 0.0251. The number of amides is 1. The third kappa shape index (κ3) is 5.68. The summed E-state index contributed by atoms with van der Waals surface area (Å²) in [6, 6.07) is 29.9. The normalized spacial score (nSPS) is 14.8.